The number of amides is 1. The zero-order valence-electron chi connectivity index (χ0n) is 14.0. The van der Waals surface area contributed by atoms with Crippen LogP contribution in [0.2, 0.25) is 0 Å². The molecule has 0 aliphatic heterocycles. The molecule has 2 rings (SSSR count). The number of pyridine rings is 1. The van der Waals surface area contributed by atoms with E-state index in [1.54, 1.807) is 12.3 Å². The van der Waals surface area contributed by atoms with Crippen molar-refractivity contribution in [1.82, 2.24) is 10.3 Å². The van der Waals surface area contributed by atoms with Gasteiger partial charge in [0, 0.05) is 29.3 Å². The molecule has 0 saturated heterocycles. The van der Waals surface area contributed by atoms with E-state index in [0.29, 0.717) is 0 Å². The molecule has 0 radical (unpaired) electrons. The number of carbonyl (C=O) groups excluding carboxylic acids is 2. The molecular weight excluding hydrogens is 304 g/mol. The standard InChI is InChI=1S/C19H22N2O3/c1-3-6-16(13-18(23)24-2)21-17(22)11-10-15-8-4-7-14-9-5-12-20-19(14)15/h4-5,7-12,16H,3,6,13H2,1-2H3,(H,21,22). The van der Waals surface area contributed by atoms with Crippen molar-refractivity contribution in [2.24, 2.45) is 0 Å². The van der Waals surface area contributed by atoms with E-state index in [1.165, 1.54) is 13.2 Å². The van der Waals surface area contributed by atoms with Crippen molar-refractivity contribution in [2.75, 3.05) is 7.11 Å². The summed E-state index contributed by atoms with van der Waals surface area (Å²) >= 11 is 0. The molecule has 5 nitrogen and oxygen atoms in total. The third-order valence-electron chi connectivity index (χ3n) is 3.70. The Morgan fingerprint density at radius 2 is 2.08 bits per heavy atom. The van der Waals surface area contributed by atoms with Crippen LogP contribution in [-0.2, 0) is 14.3 Å². The first-order valence-corrected chi connectivity index (χ1v) is 8.03. The Kier molecular flexibility index (Phi) is 6.49. The third kappa shape index (κ3) is 4.91. The van der Waals surface area contributed by atoms with Crippen LogP contribution in [-0.4, -0.2) is 30.0 Å². The Hall–Kier alpha value is -2.69. The van der Waals surface area contributed by atoms with Crippen molar-refractivity contribution in [3.05, 3.63) is 48.2 Å². The summed E-state index contributed by atoms with van der Waals surface area (Å²) < 4.78 is 4.67. The molecule has 0 spiro atoms. The number of nitrogens with one attached hydrogen (secondary N) is 1. The highest BCUT2D eigenvalue weighted by Gasteiger charge is 2.14. The van der Waals surface area contributed by atoms with Gasteiger partial charge in [-0.15, -0.1) is 0 Å². The number of fused-ring (bicyclic) bond motifs is 1. The highest BCUT2D eigenvalue weighted by atomic mass is 16.5. The number of rotatable bonds is 7. The van der Waals surface area contributed by atoms with E-state index >= 15 is 0 Å². The van der Waals surface area contributed by atoms with Gasteiger partial charge in [-0.25, -0.2) is 0 Å². The minimum Gasteiger partial charge on any atom is -0.469 e. The molecule has 24 heavy (non-hydrogen) atoms. The molecule has 126 valence electrons. The monoisotopic (exact) mass is 326 g/mol. The molecule has 0 saturated carbocycles. The van der Waals surface area contributed by atoms with Crippen molar-refractivity contribution in [3.63, 3.8) is 0 Å². The Balaban J connectivity index is 2.06. The molecule has 1 unspecified atom stereocenters. The SMILES string of the molecule is CCCC(CC(=O)OC)NC(=O)C=Cc1cccc2cccnc12. The fourth-order valence-electron chi connectivity index (χ4n) is 2.54. The number of esters is 1. The second kappa shape index (κ2) is 8.82. The lowest BCUT2D eigenvalue weighted by Gasteiger charge is -2.15. The molecule has 0 aliphatic rings. The molecule has 1 aromatic heterocycles. The smallest absolute Gasteiger partial charge is 0.307 e. The topological polar surface area (TPSA) is 68.3 Å². The minimum atomic E-state index is -0.323. The number of hydrogen-bond donors (Lipinski definition) is 1. The molecule has 1 N–H and O–H groups in total. The van der Waals surface area contributed by atoms with Gasteiger partial charge in [-0.05, 0) is 18.6 Å². The van der Waals surface area contributed by atoms with Crippen LogP contribution in [0.15, 0.2) is 42.6 Å². The van der Waals surface area contributed by atoms with Crippen LogP contribution in [0.25, 0.3) is 17.0 Å². The van der Waals surface area contributed by atoms with E-state index in [-0.39, 0.29) is 24.3 Å². The maximum absolute atomic E-state index is 12.1. The Labute approximate surface area is 141 Å². The van der Waals surface area contributed by atoms with Gasteiger partial charge in [-0.3, -0.25) is 14.6 Å². The van der Waals surface area contributed by atoms with Gasteiger partial charge >= 0.3 is 5.97 Å². The average molecular weight is 326 g/mol. The lowest BCUT2D eigenvalue weighted by Crippen LogP contribution is -2.35. The second-order valence-corrected chi connectivity index (χ2v) is 5.53. The van der Waals surface area contributed by atoms with Crippen LogP contribution in [0.4, 0.5) is 0 Å². The maximum atomic E-state index is 12.1. The minimum absolute atomic E-state index is 0.180. The van der Waals surface area contributed by atoms with Gasteiger partial charge in [-0.1, -0.05) is 37.6 Å². The summed E-state index contributed by atoms with van der Waals surface area (Å²) in [5.74, 6) is -0.554. The van der Waals surface area contributed by atoms with Crippen LogP contribution >= 0.6 is 0 Å². The molecule has 0 bridgehead atoms. The normalized spacial score (nSPS) is 12.2. The molecule has 2 aromatic rings. The number of carbonyl (C=O) groups is 2. The van der Waals surface area contributed by atoms with Gasteiger partial charge in [0.15, 0.2) is 0 Å². The number of hydrogen-bond acceptors (Lipinski definition) is 4. The molecule has 0 aliphatic carbocycles. The summed E-state index contributed by atoms with van der Waals surface area (Å²) in [5.41, 5.74) is 1.73. The number of aromatic nitrogens is 1. The van der Waals surface area contributed by atoms with Crippen molar-refractivity contribution >= 4 is 28.9 Å². The lowest BCUT2D eigenvalue weighted by atomic mass is 10.1. The first-order valence-electron chi connectivity index (χ1n) is 8.03. The number of methoxy groups -OCH3 is 1. The molecule has 1 aromatic carbocycles. The summed E-state index contributed by atoms with van der Waals surface area (Å²) in [6.45, 7) is 2.01. The van der Waals surface area contributed by atoms with Crippen molar-refractivity contribution in [1.29, 1.82) is 0 Å². The van der Waals surface area contributed by atoms with Crippen molar-refractivity contribution in [2.45, 2.75) is 32.2 Å². The van der Waals surface area contributed by atoms with Crippen molar-refractivity contribution < 1.29 is 14.3 Å². The van der Waals surface area contributed by atoms with Gasteiger partial charge in [0.2, 0.25) is 5.91 Å². The zero-order chi connectivity index (χ0) is 17.4. The third-order valence-corrected chi connectivity index (χ3v) is 3.70. The first-order chi connectivity index (χ1) is 11.6. The van der Waals surface area contributed by atoms with Gasteiger partial charge in [0.1, 0.15) is 0 Å². The molecule has 1 amide bonds. The van der Waals surface area contributed by atoms with Crippen LogP contribution in [0, 0.1) is 0 Å². The van der Waals surface area contributed by atoms with E-state index in [0.717, 1.165) is 29.3 Å². The fourth-order valence-corrected chi connectivity index (χ4v) is 2.54. The predicted molar refractivity (Wildman–Crippen MR) is 94.2 cm³/mol. The second-order valence-electron chi connectivity index (χ2n) is 5.53. The van der Waals surface area contributed by atoms with Gasteiger partial charge in [-0.2, -0.15) is 0 Å². The lowest BCUT2D eigenvalue weighted by molar-refractivity contribution is -0.141. The Morgan fingerprint density at radius 3 is 2.83 bits per heavy atom. The summed E-state index contributed by atoms with van der Waals surface area (Å²) in [5, 5.41) is 3.88. The van der Waals surface area contributed by atoms with E-state index in [2.05, 4.69) is 15.0 Å². The van der Waals surface area contributed by atoms with E-state index in [1.807, 2.05) is 37.3 Å². The maximum Gasteiger partial charge on any atom is 0.307 e. The summed E-state index contributed by atoms with van der Waals surface area (Å²) in [6, 6.07) is 9.46. The molecular formula is C19H22N2O3. The van der Waals surface area contributed by atoms with Gasteiger partial charge < -0.3 is 10.1 Å². The van der Waals surface area contributed by atoms with Gasteiger partial charge in [0.05, 0.1) is 19.0 Å². The quantitative estimate of drug-likeness (QED) is 0.627. The highest BCUT2D eigenvalue weighted by Crippen LogP contribution is 2.17. The van der Waals surface area contributed by atoms with Crippen LogP contribution in [0.3, 0.4) is 0 Å². The van der Waals surface area contributed by atoms with Crippen LogP contribution < -0.4 is 5.32 Å². The summed E-state index contributed by atoms with van der Waals surface area (Å²) in [4.78, 5) is 27.9. The Morgan fingerprint density at radius 1 is 1.29 bits per heavy atom. The first kappa shape index (κ1) is 17.7. The number of ether oxygens (including phenoxy) is 1. The summed E-state index contributed by atoms with van der Waals surface area (Å²) in [6.07, 6.45) is 6.73. The van der Waals surface area contributed by atoms with E-state index < -0.39 is 0 Å². The zero-order valence-corrected chi connectivity index (χ0v) is 14.0. The summed E-state index contributed by atoms with van der Waals surface area (Å²) in [7, 11) is 1.35. The molecule has 0 fully saturated rings. The number of para-hydroxylation sites is 1. The van der Waals surface area contributed by atoms with Gasteiger partial charge in [0.25, 0.3) is 0 Å². The highest BCUT2D eigenvalue weighted by molar-refractivity contribution is 5.95. The largest absolute Gasteiger partial charge is 0.469 e. The van der Waals surface area contributed by atoms with Crippen LogP contribution in [0.5, 0.6) is 0 Å². The molecule has 1 heterocycles. The van der Waals surface area contributed by atoms with Crippen LogP contribution in [0.1, 0.15) is 31.7 Å². The van der Waals surface area contributed by atoms with E-state index in [4.69, 9.17) is 0 Å². The molecule has 1 atom stereocenters. The van der Waals surface area contributed by atoms with Crippen molar-refractivity contribution in [3.8, 4) is 0 Å². The predicted octanol–water partition coefficient (Wildman–Crippen LogP) is 3.10. The average Bonchev–Trinajstić information content (AvgIpc) is 2.60. The molecule has 5 heteroatoms. The van der Waals surface area contributed by atoms with E-state index in [9.17, 15) is 9.59 Å². The number of nitrogens with zero attached hydrogens (tertiary/aromatic N) is 1. The Bertz CT molecular complexity index is 735. The number of benzene rings is 1. The fraction of sp³-hybridized carbons (Fsp3) is 0.316.